The van der Waals surface area contributed by atoms with E-state index in [9.17, 15) is 8.78 Å². The molecule has 0 aliphatic heterocycles. The van der Waals surface area contributed by atoms with Crippen LogP contribution in [0.15, 0.2) is 18.2 Å². The van der Waals surface area contributed by atoms with E-state index in [4.69, 9.17) is 0 Å². The van der Waals surface area contributed by atoms with Crippen molar-refractivity contribution in [1.82, 2.24) is 5.32 Å². The van der Waals surface area contributed by atoms with Gasteiger partial charge in [0.2, 0.25) is 0 Å². The van der Waals surface area contributed by atoms with Crippen LogP contribution >= 0.6 is 0 Å². The molecule has 1 N–H and O–H groups in total. The smallest absolute Gasteiger partial charge is 0.129 e. The van der Waals surface area contributed by atoms with Crippen LogP contribution in [0.4, 0.5) is 8.78 Å². The second-order valence-electron chi connectivity index (χ2n) is 5.78. The number of hydrogen-bond acceptors (Lipinski definition) is 1. The Hall–Kier alpha value is -0.960. The number of nitrogens with one attached hydrogen (secondary N) is 1. The van der Waals surface area contributed by atoms with E-state index in [-0.39, 0.29) is 0 Å². The summed E-state index contributed by atoms with van der Waals surface area (Å²) in [6.45, 7) is 5.24. The summed E-state index contributed by atoms with van der Waals surface area (Å²) < 4.78 is 26.7. The normalized spacial score (nSPS) is 24.6. The van der Waals surface area contributed by atoms with E-state index < -0.39 is 11.6 Å². The van der Waals surface area contributed by atoms with Gasteiger partial charge in [-0.1, -0.05) is 26.3 Å². The standard InChI is InChI=1S/C16H23F2N/c1-3-19-16(13-5-4-11(2)8-13)9-12-6-7-14(17)10-15(12)18/h6-7,10-11,13,16,19H,3-5,8-9H2,1-2H3. The first kappa shape index (κ1) is 14.4. The molecule has 19 heavy (non-hydrogen) atoms. The Bertz CT molecular complexity index is 419. The highest BCUT2D eigenvalue weighted by molar-refractivity contribution is 5.20. The fourth-order valence-electron chi connectivity index (χ4n) is 3.21. The lowest BCUT2D eigenvalue weighted by molar-refractivity contribution is 0.350. The molecule has 1 aliphatic rings. The van der Waals surface area contributed by atoms with E-state index in [0.717, 1.165) is 18.5 Å². The minimum absolute atomic E-state index is 0.301. The maximum Gasteiger partial charge on any atom is 0.129 e. The quantitative estimate of drug-likeness (QED) is 0.852. The molecule has 0 amide bonds. The first-order valence-electron chi connectivity index (χ1n) is 7.27. The van der Waals surface area contributed by atoms with Gasteiger partial charge in [0.15, 0.2) is 0 Å². The van der Waals surface area contributed by atoms with Crippen LogP contribution in [0.1, 0.15) is 38.7 Å². The first-order chi connectivity index (χ1) is 9.10. The monoisotopic (exact) mass is 267 g/mol. The maximum atomic E-state index is 13.7. The van der Waals surface area contributed by atoms with Crippen molar-refractivity contribution in [3.05, 3.63) is 35.4 Å². The maximum absolute atomic E-state index is 13.7. The second kappa shape index (κ2) is 6.47. The lowest BCUT2D eigenvalue weighted by atomic mass is 9.91. The number of likely N-dealkylation sites (N-methyl/N-ethyl adjacent to an activating group) is 1. The molecule has 0 spiro atoms. The van der Waals surface area contributed by atoms with E-state index in [1.54, 1.807) is 6.07 Å². The van der Waals surface area contributed by atoms with E-state index in [1.165, 1.54) is 25.3 Å². The van der Waals surface area contributed by atoms with Crippen LogP contribution < -0.4 is 5.32 Å². The van der Waals surface area contributed by atoms with Crippen molar-refractivity contribution in [3.8, 4) is 0 Å². The molecule has 3 atom stereocenters. The van der Waals surface area contributed by atoms with Crippen LogP contribution in [0.2, 0.25) is 0 Å². The topological polar surface area (TPSA) is 12.0 Å². The number of rotatable bonds is 5. The molecular weight excluding hydrogens is 244 g/mol. The van der Waals surface area contributed by atoms with Gasteiger partial charge >= 0.3 is 0 Å². The van der Waals surface area contributed by atoms with Gasteiger partial charge in [-0.25, -0.2) is 8.78 Å². The molecule has 0 saturated heterocycles. The van der Waals surface area contributed by atoms with E-state index in [2.05, 4.69) is 19.2 Å². The average molecular weight is 267 g/mol. The van der Waals surface area contributed by atoms with Gasteiger partial charge in [-0.05, 0) is 49.3 Å². The fourth-order valence-corrected chi connectivity index (χ4v) is 3.21. The van der Waals surface area contributed by atoms with Crippen LogP contribution in [-0.4, -0.2) is 12.6 Å². The van der Waals surface area contributed by atoms with Gasteiger partial charge in [0, 0.05) is 12.1 Å². The largest absolute Gasteiger partial charge is 0.314 e. The molecule has 1 aromatic rings. The molecule has 1 saturated carbocycles. The Labute approximate surface area is 114 Å². The molecule has 3 unspecified atom stereocenters. The molecule has 1 aliphatic carbocycles. The average Bonchev–Trinajstić information content (AvgIpc) is 2.78. The zero-order chi connectivity index (χ0) is 13.8. The molecule has 0 aromatic heterocycles. The minimum Gasteiger partial charge on any atom is -0.314 e. The number of benzene rings is 1. The van der Waals surface area contributed by atoms with Crippen molar-refractivity contribution in [2.75, 3.05) is 6.54 Å². The zero-order valence-electron chi connectivity index (χ0n) is 11.8. The fraction of sp³-hybridized carbons (Fsp3) is 0.625. The van der Waals surface area contributed by atoms with Crippen LogP contribution in [-0.2, 0) is 6.42 Å². The Morgan fingerprint density at radius 3 is 2.68 bits per heavy atom. The summed E-state index contributed by atoms with van der Waals surface area (Å²) in [6.07, 6.45) is 4.33. The van der Waals surface area contributed by atoms with Crippen molar-refractivity contribution < 1.29 is 8.78 Å². The molecule has 2 rings (SSSR count). The summed E-state index contributed by atoms with van der Waals surface area (Å²) in [5, 5.41) is 3.48. The van der Waals surface area contributed by atoms with Crippen molar-refractivity contribution in [3.63, 3.8) is 0 Å². The first-order valence-corrected chi connectivity index (χ1v) is 7.27. The van der Waals surface area contributed by atoms with E-state index in [1.807, 2.05) is 0 Å². The third-order valence-corrected chi connectivity index (χ3v) is 4.23. The van der Waals surface area contributed by atoms with Gasteiger partial charge in [0.1, 0.15) is 11.6 Å². The summed E-state index contributed by atoms with van der Waals surface area (Å²) >= 11 is 0. The van der Waals surface area contributed by atoms with Crippen molar-refractivity contribution in [2.45, 2.75) is 45.6 Å². The lowest BCUT2D eigenvalue weighted by Gasteiger charge is -2.25. The van der Waals surface area contributed by atoms with Gasteiger partial charge in [0.25, 0.3) is 0 Å². The molecular formula is C16H23F2N. The Morgan fingerprint density at radius 1 is 1.32 bits per heavy atom. The molecule has 0 radical (unpaired) electrons. The lowest BCUT2D eigenvalue weighted by Crippen LogP contribution is -2.37. The predicted molar refractivity (Wildman–Crippen MR) is 74.0 cm³/mol. The summed E-state index contributed by atoms with van der Waals surface area (Å²) in [5.74, 6) is 0.452. The molecule has 1 fully saturated rings. The van der Waals surface area contributed by atoms with Gasteiger partial charge < -0.3 is 5.32 Å². The zero-order valence-corrected chi connectivity index (χ0v) is 11.8. The van der Waals surface area contributed by atoms with Gasteiger partial charge in [-0.15, -0.1) is 0 Å². The van der Waals surface area contributed by atoms with Crippen molar-refractivity contribution >= 4 is 0 Å². The molecule has 0 bridgehead atoms. The van der Waals surface area contributed by atoms with E-state index in [0.29, 0.717) is 23.9 Å². The van der Waals surface area contributed by atoms with Crippen LogP contribution in [0, 0.1) is 23.5 Å². The molecule has 1 nitrogen and oxygen atoms in total. The van der Waals surface area contributed by atoms with Gasteiger partial charge in [-0.2, -0.15) is 0 Å². The number of halogens is 2. The van der Waals surface area contributed by atoms with Crippen LogP contribution in [0.5, 0.6) is 0 Å². The van der Waals surface area contributed by atoms with Gasteiger partial charge in [-0.3, -0.25) is 0 Å². The highest BCUT2D eigenvalue weighted by Crippen LogP contribution is 2.33. The van der Waals surface area contributed by atoms with Crippen LogP contribution in [0.25, 0.3) is 0 Å². The summed E-state index contributed by atoms with van der Waals surface area (Å²) in [5.41, 5.74) is 0.618. The SMILES string of the molecule is CCNC(Cc1ccc(F)cc1F)C1CCC(C)C1. The number of hydrogen-bond donors (Lipinski definition) is 1. The Morgan fingerprint density at radius 2 is 2.11 bits per heavy atom. The third kappa shape index (κ3) is 3.75. The third-order valence-electron chi connectivity index (χ3n) is 4.23. The highest BCUT2D eigenvalue weighted by Gasteiger charge is 2.28. The highest BCUT2D eigenvalue weighted by atomic mass is 19.1. The Balaban J connectivity index is 2.07. The second-order valence-corrected chi connectivity index (χ2v) is 5.78. The summed E-state index contributed by atoms with van der Waals surface area (Å²) in [4.78, 5) is 0. The van der Waals surface area contributed by atoms with Crippen molar-refractivity contribution in [1.29, 1.82) is 0 Å². The predicted octanol–water partition coefficient (Wildman–Crippen LogP) is 3.92. The van der Waals surface area contributed by atoms with Crippen LogP contribution in [0.3, 0.4) is 0 Å². The van der Waals surface area contributed by atoms with E-state index >= 15 is 0 Å². The molecule has 106 valence electrons. The van der Waals surface area contributed by atoms with Crippen molar-refractivity contribution in [2.24, 2.45) is 11.8 Å². The summed E-state index contributed by atoms with van der Waals surface area (Å²) in [7, 11) is 0. The molecule has 0 heterocycles. The minimum atomic E-state index is -0.504. The molecule has 1 aromatic carbocycles. The van der Waals surface area contributed by atoms with Gasteiger partial charge in [0.05, 0.1) is 0 Å². The molecule has 3 heteroatoms. The Kier molecular flexibility index (Phi) is 4.92. The summed E-state index contributed by atoms with van der Waals surface area (Å²) in [6, 6.07) is 4.21.